The summed E-state index contributed by atoms with van der Waals surface area (Å²) in [4.78, 5) is 11.3. The maximum Gasteiger partial charge on any atom is 0.269 e. The minimum atomic E-state index is -0.0223. The Hall–Kier alpha value is -1.16. The molecule has 0 radical (unpaired) electrons. The molecule has 1 heterocycles. The molecule has 0 atom stereocenters. The van der Waals surface area contributed by atoms with Gasteiger partial charge in [0.2, 0.25) is 0 Å². The van der Waals surface area contributed by atoms with Crippen molar-refractivity contribution in [2.45, 2.75) is 12.8 Å². The molecule has 1 aromatic rings. The lowest BCUT2D eigenvalue weighted by molar-refractivity contribution is 0.684. The van der Waals surface area contributed by atoms with Crippen molar-refractivity contribution in [3.63, 3.8) is 0 Å². The van der Waals surface area contributed by atoms with Gasteiger partial charge in [-0.25, -0.2) is 4.68 Å². The number of nitrogens with two attached hydrogens (primary N) is 1. The molecule has 0 spiro atoms. The standard InChI is InChI=1S/C8H13N3O/c1-11-8(12)7(3-2-5-9)4-6-10-11/h4,6H,2-3,5,9H2,1H3. The van der Waals surface area contributed by atoms with Gasteiger partial charge in [0, 0.05) is 18.8 Å². The molecular formula is C8H13N3O. The van der Waals surface area contributed by atoms with Gasteiger partial charge in [0.1, 0.15) is 0 Å². The molecule has 2 N–H and O–H groups in total. The fourth-order valence-corrected chi connectivity index (χ4v) is 1.04. The lowest BCUT2D eigenvalue weighted by atomic mass is 10.2. The SMILES string of the molecule is Cn1nccc(CCCN)c1=O. The van der Waals surface area contributed by atoms with E-state index in [-0.39, 0.29) is 5.56 Å². The summed E-state index contributed by atoms with van der Waals surface area (Å²) in [6, 6.07) is 1.75. The van der Waals surface area contributed by atoms with Gasteiger partial charge in [-0.15, -0.1) is 0 Å². The highest BCUT2D eigenvalue weighted by molar-refractivity contribution is 5.06. The van der Waals surface area contributed by atoms with Crippen LogP contribution in [0.5, 0.6) is 0 Å². The lowest BCUT2D eigenvalue weighted by Gasteiger charge is -2.00. The summed E-state index contributed by atoms with van der Waals surface area (Å²) in [7, 11) is 1.65. The second-order valence-corrected chi connectivity index (χ2v) is 2.68. The van der Waals surface area contributed by atoms with Crippen molar-refractivity contribution in [1.82, 2.24) is 9.78 Å². The van der Waals surface area contributed by atoms with E-state index in [4.69, 9.17) is 5.73 Å². The summed E-state index contributed by atoms with van der Waals surface area (Å²) < 4.78 is 1.34. The van der Waals surface area contributed by atoms with Gasteiger partial charge in [-0.2, -0.15) is 5.10 Å². The first kappa shape index (κ1) is 8.93. The van der Waals surface area contributed by atoms with E-state index in [0.29, 0.717) is 6.54 Å². The molecule has 0 unspecified atom stereocenters. The van der Waals surface area contributed by atoms with Gasteiger partial charge in [0.15, 0.2) is 0 Å². The summed E-state index contributed by atoms with van der Waals surface area (Å²) in [6.07, 6.45) is 3.22. The molecule has 66 valence electrons. The monoisotopic (exact) mass is 167 g/mol. The first-order chi connectivity index (χ1) is 5.75. The third-order valence-corrected chi connectivity index (χ3v) is 1.73. The summed E-state index contributed by atoms with van der Waals surface area (Å²) in [5, 5.41) is 3.82. The summed E-state index contributed by atoms with van der Waals surface area (Å²) in [6.45, 7) is 0.617. The Labute approximate surface area is 71.0 Å². The average Bonchev–Trinajstić information content (AvgIpc) is 2.08. The van der Waals surface area contributed by atoms with Crippen LogP contribution < -0.4 is 11.3 Å². The van der Waals surface area contributed by atoms with Gasteiger partial charge in [0.05, 0.1) is 0 Å². The molecule has 1 aromatic heterocycles. The molecule has 1 rings (SSSR count). The van der Waals surface area contributed by atoms with Crippen LogP contribution in [-0.2, 0) is 13.5 Å². The highest BCUT2D eigenvalue weighted by Gasteiger charge is 1.99. The second-order valence-electron chi connectivity index (χ2n) is 2.68. The molecule has 4 nitrogen and oxygen atoms in total. The highest BCUT2D eigenvalue weighted by atomic mass is 16.1. The molecule has 12 heavy (non-hydrogen) atoms. The van der Waals surface area contributed by atoms with Gasteiger partial charge in [-0.05, 0) is 25.5 Å². The van der Waals surface area contributed by atoms with Crippen LogP contribution in [-0.4, -0.2) is 16.3 Å². The largest absolute Gasteiger partial charge is 0.330 e. The number of hydrogen-bond donors (Lipinski definition) is 1. The first-order valence-electron chi connectivity index (χ1n) is 3.97. The molecular weight excluding hydrogens is 154 g/mol. The van der Waals surface area contributed by atoms with Gasteiger partial charge in [-0.3, -0.25) is 4.79 Å². The highest BCUT2D eigenvalue weighted by Crippen LogP contribution is 1.92. The molecule has 0 saturated heterocycles. The van der Waals surface area contributed by atoms with Crippen LogP contribution in [0.25, 0.3) is 0 Å². The fourth-order valence-electron chi connectivity index (χ4n) is 1.04. The smallest absolute Gasteiger partial charge is 0.269 e. The summed E-state index contributed by atoms with van der Waals surface area (Å²) >= 11 is 0. The molecule has 0 aliphatic rings. The number of rotatable bonds is 3. The van der Waals surface area contributed by atoms with Crippen LogP contribution in [0.15, 0.2) is 17.1 Å². The number of nitrogens with zero attached hydrogens (tertiary/aromatic N) is 2. The summed E-state index contributed by atoms with van der Waals surface area (Å²) in [5.74, 6) is 0. The Morgan fingerprint density at radius 1 is 1.67 bits per heavy atom. The zero-order valence-electron chi connectivity index (χ0n) is 7.16. The maximum absolute atomic E-state index is 11.3. The Bertz CT molecular complexity index is 305. The quantitative estimate of drug-likeness (QED) is 0.670. The van der Waals surface area contributed by atoms with E-state index in [0.717, 1.165) is 18.4 Å². The van der Waals surface area contributed by atoms with Crippen LogP contribution in [0.3, 0.4) is 0 Å². The van der Waals surface area contributed by atoms with Crippen molar-refractivity contribution in [2.24, 2.45) is 12.8 Å². The van der Waals surface area contributed by atoms with Gasteiger partial charge < -0.3 is 5.73 Å². The van der Waals surface area contributed by atoms with E-state index in [1.807, 2.05) is 0 Å². The Morgan fingerprint density at radius 3 is 3.08 bits per heavy atom. The van der Waals surface area contributed by atoms with E-state index in [9.17, 15) is 4.79 Å². The normalized spacial score (nSPS) is 10.2. The molecule has 0 saturated carbocycles. The molecule has 0 aromatic carbocycles. The lowest BCUT2D eigenvalue weighted by Crippen LogP contribution is -2.23. The molecule has 0 fully saturated rings. The zero-order valence-corrected chi connectivity index (χ0v) is 7.16. The third-order valence-electron chi connectivity index (χ3n) is 1.73. The van der Waals surface area contributed by atoms with E-state index in [1.165, 1.54) is 4.68 Å². The number of hydrogen-bond acceptors (Lipinski definition) is 3. The average molecular weight is 167 g/mol. The van der Waals surface area contributed by atoms with E-state index in [1.54, 1.807) is 19.3 Å². The van der Waals surface area contributed by atoms with Crippen LogP contribution in [0.1, 0.15) is 12.0 Å². The van der Waals surface area contributed by atoms with E-state index in [2.05, 4.69) is 5.10 Å². The molecule has 0 aliphatic heterocycles. The van der Waals surface area contributed by atoms with E-state index >= 15 is 0 Å². The van der Waals surface area contributed by atoms with Crippen molar-refractivity contribution in [3.8, 4) is 0 Å². The van der Waals surface area contributed by atoms with Crippen LogP contribution >= 0.6 is 0 Å². The third kappa shape index (κ3) is 1.92. The maximum atomic E-state index is 11.3. The topological polar surface area (TPSA) is 60.9 Å². The Morgan fingerprint density at radius 2 is 2.42 bits per heavy atom. The Balaban J connectivity index is 2.85. The molecule has 0 amide bonds. The fraction of sp³-hybridized carbons (Fsp3) is 0.500. The Kier molecular flexibility index (Phi) is 2.99. The van der Waals surface area contributed by atoms with Crippen molar-refractivity contribution in [1.29, 1.82) is 0 Å². The van der Waals surface area contributed by atoms with E-state index < -0.39 is 0 Å². The minimum absolute atomic E-state index is 0.0223. The molecule has 0 aliphatic carbocycles. The van der Waals surface area contributed by atoms with Crippen molar-refractivity contribution >= 4 is 0 Å². The second kappa shape index (κ2) is 4.01. The van der Waals surface area contributed by atoms with Crippen LogP contribution in [0.4, 0.5) is 0 Å². The van der Waals surface area contributed by atoms with Crippen LogP contribution in [0.2, 0.25) is 0 Å². The number of aryl methyl sites for hydroxylation is 2. The molecule has 0 bridgehead atoms. The predicted octanol–water partition coefficient (Wildman–Crippen LogP) is -0.328. The number of aromatic nitrogens is 2. The first-order valence-corrected chi connectivity index (χ1v) is 3.97. The van der Waals surface area contributed by atoms with Crippen molar-refractivity contribution < 1.29 is 0 Å². The predicted molar refractivity (Wildman–Crippen MR) is 46.9 cm³/mol. The minimum Gasteiger partial charge on any atom is -0.330 e. The van der Waals surface area contributed by atoms with Gasteiger partial charge in [-0.1, -0.05) is 0 Å². The van der Waals surface area contributed by atoms with Gasteiger partial charge >= 0.3 is 0 Å². The summed E-state index contributed by atoms with van der Waals surface area (Å²) in [5.41, 5.74) is 6.11. The van der Waals surface area contributed by atoms with Crippen molar-refractivity contribution in [2.75, 3.05) is 6.54 Å². The zero-order chi connectivity index (χ0) is 8.97. The van der Waals surface area contributed by atoms with Crippen LogP contribution in [0, 0.1) is 0 Å². The van der Waals surface area contributed by atoms with Crippen molar-refractivity contribution in [3.05, 3.63) is 28.2 Å². The van der Waals surface area contributed by atoms with Gasteiger partial charge in [0.25, 0.3) is 5.56 Å². The molecule has 4 heteroatoms.